The van der Waals surface area contributed by atoms with Crippen molar-refractivity contribution in [3.63, 3.8) is 0 Å². The number of hydrogen-bond acceptors (Lipinski definition) is 8. The third-order valence-electron chi connectivity index (χ3n) is 10.3. The van der Waals surface area contributed by atoms with Gasteiger partial charge in [-0.15, -0.1) is 0 Å². The van der Waals surface area contributed by atoms with E-state index in [0.29, 0.717) is 45.0 Å². The summed E-state index contributed by atoms with van der Waals surface area (Å²) in [6, 6.07) is 11.0. The summed E-state index contributed by atoms with van der Waals surface area (Å²) in [6.07, 6.45) is 4.02. The predicted molar refractivity (Wildman–Crippen MR) is 200 cm³/mol. The van der Waals surface area contributed by atoms with Crippen molar-refractivity contribution in [2.45, 2.75) is 51.0 Å². The normalized spacial score (nSPS) is 19.7. The number of alkyl halides is 1. The topological polar surface area (TPSA) is 147 Å². The number of rotatable bonds is 17. The molecule has 0 aliphatic carbocycles. The van der Waals surface area contributed by atoms with Crippen LogP contribution in [0.5, 0.6) is 0 Å². The summed E-state index contributed by atoms with van der Waals surface area (Å²) in [6.45, 7) is 3.83. The molecule has 4 atom stereocenters. The van der Waals surface area contributed by atoms with Gasteiger partial charge >= 0.3 is 6.03 Å². The molecule has 13 nitrogen and oxygen atoms in total. The zero-order chi connectivity index (χ0) is 39.6. The van der Waals surface area contributed by atoms with E-state index in [1.165, 1.54) is 12.2 Å². The molecule has 0 bridgehead atoms. The Morgan fingerprint density at radius 3 is 2.52 bits per heavy atom. The first kappa shape index (κ1) is 40.6. The highest BCUT2D eigenvalue weighted by atomic mass is 19.1. The number of imidazole rings is 1. The number of ether oxygens (including phenoxy) is 2. The molecule has 2 saturated heterocycles. The van der Waals surface area contributed by atoms with E-state index in [-0.39, 0.29) is 68.9 Å². The number of nitrogens with one attached hydrogen (secondary N) is 3. The molecular weight excluding hydrogens is 731 g/mol. The van der Waals surface area contributed by atoms with Gasteiger partial charge in [-0.2, -0.15) is 0 Å². The molecule has 56 heavy (non-hydrogen) atoms. The molecule has 16 heteroatoms. The molecule has 3 aliphatic heterocycles. The lowest BCUT2D eigenvalue weighted by Gasteiger charge is -2.40. The van der Waals surface area contributed by atoms with E-state index in [1.807, 2.05) is 34.9 Å². The van der Waals surface area contributed by atoms with Crippen molar-refractivity contribution in [2.24, 2.45) is 11.8 Å². The maximum absolute atomic E-state index is 15.3. The van der Waals surface area contributed by atoms with Crippen molar-refractivity contribution in [2.75, 3.05) is 59.2 Å². The molecule has 0 spiro atoms. The third-order valence-corrected chi connectivity index (χ3v) is 10.3. The lowest BCUT2D eigenvalue weighted by molar-refractivity contribution is -0.138. The Morgan fingerprint density at radius 1 is 1.05 bits per heavy atom. The standard InChI is InChI=1S/C40H48F3N7O6/c1-26(20-45-35(51)13-17-56-18-14-49-36(52)9-10-37(49)53)46-40(54)50(24-29-21-44-22-33(29)43)38(28-11-15-55-16-12-28)39-47-34(31-19-30(41)7-8-32(31)42)25-48(39)23-27-5-3-2-4-6-27/h2-10,19,25-26,28-29,33,38,44H,11-18,20-24H2,1H3,(H,45,51)(H,46,54)/t26-,29-,33-,38+/m0/s1. The number of amides is 5. The smallest absolute Gasteiger partial charge is 0.318 e. The van der Waals surface area contributed by atoms with E-state index in [2.05, 4.69) is 16.0 Å². The third kappa shape index (κ3) is 10.4. The van der Waals surface area contributed by atoms with Crippen LogP contribution in [-0.2, 0) is 30.4 Å². The first-order valence-corrected chi connectivity index (χ1v) is 19.0. The second-order valence-corrected chi connectivity index (χ2v) is 14.4. The lowest BCUT2D eigenvalue weighted by atomic mass is 9.89. The highest BCUT2D eigenvalue weighted by Gasteiger charge is 2.40. The van der Waals surface area contributed by atoms with Crippen LogP contribution in [0.25, 0.3) is 11.3 Å². The van der Waals surface area contributed by atoms with Crippen molar-refractivity contribution in [3.8, 4) is 11.3 Å². The van der Waals surface area contributed by atoms with E-state index < -0.39 is 53.7 Å². The van der Waals surface area contributed by atoms with Gasteiger partial charge in [0, 0.05) is 88.2 Å². The number of aromatic nitrogens is 2. The molecule has 0 unspecified atom stereocenters. The fraction of sp³-hybridized carbons (Fsp3) is 0.475. The number of benzene rings is 2. The molecule has 3 aromatic rings. The molecule has 5 amide bonds. The molecule has 2 aromatic carbocycles. The number of urea groups is 1. The molecule has 2 fully saturated rings. The summed E-state index contributed by atoms with van der Waals surface area (Å²) in [5.74, 6) is -2.64. The Kier molecular flexibility index (Phi) is 13.9. The van der Waals surface area contributed by atoms with Crippen LogP contribution < -0.4 is 16.0 Å². The van der Waals surface area contributed by atoms with Gasteiger partial charge in [-0.25, -0.2) is 22.9 Å². The van der Waals surface area contributed by atoms with Crippen LogP contribution in [0.2, 0.25) is 0 Å². The molecule has 3 N–H and O–H groups in total. The van der Waals surface area contributed by atoms with Crippen molar-refractivity contribution < 1.29 is 41.8 Å². The summed E-state index contributed by atoms with van der Waals surface area (Å²) in [5.41, 5.74) is 1.10. The first-order chi connectivity index (χ1) is 27.1. The fourth-order valence-electron chi connectivity index (χ4n) is 7.26. The van der Waals surface area contributed by atoms with Crippen LogP contribution in [-0.4, -0.2) is 114 Å². The number of carbonyl (C=O) groups is 4. The van der Waals surface area contributed by atoms with Gasteiger partial charge in [0.2, 0.25) is 5.91 Å². The molecule has 3 aliphatic rings. The van der Waals surface area contributed by atoms with Crippen LogP contribution >= 0.6 is 0 Å². The minimum Gasteiger partial charge on any atom is -0.381 e. The average Bonchev–Trinajstić information content (AvgIpc) is 3.89. The van der Waals surface area contributed by atoms with Gasteiger partial charge in [-0.3, -0.25) is 19.3 Å². The fourth-order valence-corrected chi connectivity index (χ4v) is 7.26. The second-order valence-electron chi connectivity index (χ2n) is 14.4. The summed E-state index contributed by atoms with van der Waals surface area (Å²) in [7, 11) is 0. The Hall–Kier alpha value is -5.06. The molecule has 300 valence electrons. The molecule has 6 rings (SSSR count). The number of hydrogen-bond donors (Lipinski definition) is 3. The minimum absolute atomic E-state index is 0.0175. The van der Waals surface area contributed by atoms with Crippen molar-refractivity contribution in [3.05, 3.63) is 89.9 Å². The van der Waals surface area contributed by atoms with E-state index >= 15 is 8.78 Å². The summed E-state index contributed by atoms with van der Waals surface area (Å²) in [4.78, 5) is 58.1. The van der Waals surface area contributed by atoms with E-state index in [1.54, 1.807) is 18.0 Å². The van der Waals surface area contributed by atoms with E-state index in [0.717, 1.165) is 28.7 Å². The highest BCUT2D eigenvalue weighted by Crippen LogP contribution is 2.38. The number of nitrogens with zero attached hydrogens (tertiary/aromatic N) is 4. The lowest BCUT2D eigenvalue weighted by Crippen LogP contribution is -2.52. The predicted octanol–water partition coefficient (Wildman–Crippen LogP) is 3.75. The average molecular weight is 780 g/mol. The van der Waals surface area contributed by atoms with Gasteiger partial charge in [0.15, 0.2) is 0 Å². The molecule has 4 heterocycles. The second kappa shape index (κ2) is 19.2. The zero-order valence-corrected chi connectivity index (χ0v) is 31.3. The zero-order valence-electron chi connectivity index (χ0n) is 31.3. The van der Waals surface area contributed by atoms with Gasteiger partial charge in [0.1, 0.15) is 23.6 Å². The Balaban J connectivity index is 1.21. The van der Waals surface area contributed by atoms with Crippen LogP contribution in [0.4, 0.5) is 18.0 Å². The quantitative estimate of drug-likeness (QED) is 0.139. The largest absolute Gasteiger partial charge is 0.381 e. The summed E-state index contributed by atoms with van der Waals surface area (Å²) < 4.78 is 58.0. The minimum atomic E-state index is -1.20. The van der Waals surface area contributed by atoms with Gasteiger partial charge in [0.05, 0.1) is 31.5 Å². The highest BCUT2D eigenvalue weighted by molar-refractivity contribution is 6.12. The van der Waals surface area contributed by atoms with Gasteiger partial charge in [-0.05, 0) is 49.4 Å². The van der Waals surface area contributed by atoms with Crippen molar-refractivity contribution in [1.29, 1.82) is 0 Å². The van der Waals surface area contributed by atoms with Crippen LogP contribution in [0, 0.1) is 23.5 Å². The maximum atomic E-state index is 15.3. The van der Waals surface area contributed by atoms with E-state index in [4.69, 9.17) is 14.5 Å². The first-order valence-electron chi connectivity index (χ1n) is 19.0. The SMILES string of the molecule is C[C@@H](CNC(=O)CCOCCN1C(=O)C=CC1=O)NC(=O)N(C[C@@H]1CNC[C@@H]1F)[C@@H](c1nc(-c2cc(F)ccc2F)cn1Cc1ccccc1)C1CCOCC1. The number of halogens is 3. The molecular formula is C40H48F3N7O6. The van der Waals surface area contributed by atoms with Gasteiger partial charge < -0.3 is 34.9 Å². The van der Waals surface area contributed by atoms with Gasteiger partial charge in [0.25, 0.3) is 11.8 Å². The van der Waals surface area contributed by atoms with Gasteiger partial charge in [-0.1, -0.05) is 30.3 Å². The molecule has 1 aromatic heterocycles. The summed E-state index contributed by atoms with van der Waals surface area (Å²) in [5, 5.41) is 8.87. The Morgan fingerprint density at radius 2 is 1.80 bits per heavy atom. The molecule has 0 radical (unpaired) electrons. The Bertz CT molecular complexity index is 1850. The van der Waals surface area contributed by atoms with E-state index in [9.17, 15) is 23.6 Å². The van der Waals surface area contributed by atoms with Crippen molar-refractivity contribution >= 4 is 23.8 Å². The molecule has 0 saturated carbocycles. The number of carbonyl (C=O) groups excluding carboxylic acids is 4. The van der Waals surface area contributed by atoms with Crippen LogP contribution in [0.1, 0.15) is 43.6 Å². The Labute approximate surface area is 323 Å². The van der Waals surface area contributed by atoms with Crippen LogP contribution in [0.15, 0.2) is 66.9 Å². The monoisotopic (exact) mass is 779 g/mol. The maximum Gasteiger partial charge on any atom is 0.318 e. The summed E-state index contributed by atoms with van der Waals surface area (Å²) >= 11 is 0. The van der Waals surface area contributed by atoms with Crippen molar-refractivity contribution in [1.82, 2.24) is 35.3 Å². The number of imide groups is 1. The van der Waals surface area contributed by atoms with Crippen LogP contribution in [0.3, 0.4) is 0 Å².